The molecule has 4 aliphatic carbocycles. The second kappa shape index (κ2) is 13.7. The molecule has 3 N–H and O–H groups in total. The van der Waals surface area contributed by atoms with Crippen LogP contribution in [0, 0.1) is 23.7 Å². The van der Waals surface area contributed by atoms with Crippen molar-refractivity contribution >= 4 is 56.3 Å². The number of furan rings is 1. The molecule has 4 aliphatic rings. The van der Waals surface area contributed by atoms with E-state index in [9.17, 15) is 24.0 Å². The van der Waals surface area contributed by atoms with Crippen LogP contribution >= 0.6 is 15.9 Å². The maximum Gasteiger partial charge on any atom is 0.330 e. The first kappa shape index (κ1) is 31.8. The molecule has 242 valence electrons. The van der Waals surface area contributed by atoms with Gasteiger partial charge in [0.05, 0.1) is 7.11 Å². The van der Waals surface area contributed by atoms with Crippen LogP contribution in [-0.4, -0.2) is 47.5 Å². The van der Waals surface area contributed by atoms with E-state index in [4.69, 9.17) is 4.42 Å². The highest BCUT2D eigenvalue weighted by Crippen LogP contribution is 2.53. The fourth-order valence-electron chi connectivity index (χ4n) is 7.67. The third-order valence-corrected chi connectivity index (χ3v) is 10.3. The van der Waals surface area contributed by atoms with Crippen LogP contribution in [-0.2, 0) is 25.7 Å². The first-order valence-corrected chi connectivity index (χ1v) is 16.5. The molecule has 4 saturated carbocycles. The molecule has 3 aromatic rings. The number of hydrogen-bond acceptors (Lipinski definition) is 7. The minimum absolute atomic E-state index is 0.0111. The lowest BCUT2D eigenvalue weighted by Gasteiger charge is -2.54. The lowest BCUT2D eigenvalue weighted by atomic mass is 9.54. The van der Waals surface area contributed by atoms with Crippen LogP contribution in [0.3, 0.4) is 0 Å². The number of benzene rings is 1. The quantitative estimate of drug-likeness (QED) is 0.197. The van der Waals surface area contributed by atoms with Crippen molar-refractivity contribution in [1.82, 2.24) is 15.2 Å². The van der Waals surface area contributed by atoms with Gasteiger partial charge in [-0.2, -0.15) is 0 Å². The molecule has 0 saturated heterocycles. The summed E-state index contributed by atoms with van der Waals surface area (Å²) in [5.74, 6) is 0.595. The summed E-state index contributed by atoms with van der Waals surface area (Å²) in [6.07, 6.45) is 10.7. The number of aromatic nitrogens is 1. The van der Waals surface area contributed by atoms with Crippen molar-refractivity contribution < 1.29 is 28.3 Å². The van der Waals surface area contributed by atoms with Gasteiger partial charge in [-0.15, -0.1) is 0 Å². The number of fused-ring (bicyclic) bond motifs is 1. The third-order valence-electron chi connectivity index (χ3n) is 9.58. The van der Waals surface area contributed by atoms with Crippen molar-refractivity contribution in [2.75, 3.05) is 12.4 Å². The summed E-state index contributed by atoms with van der Waals surface area (Å²) in [6, 6.07) is 9.02. The fourth-order valence-corrected chi connectivity index (χ4v) is 8.13. The minimum Gasteiger partial charge on any atom is -0.466 e. The smallest absolute Gasteiger partial charge is 0.330 e. The average Bonchev–Trinajstić information content (AvgIpc) is 3.48. The number of hydrogen-bond donors (Lipinski definition) is 3. The van der Waals surface area contributed by atoms with E-state index in [-0.39, 0.29) is 42.8 Å². The molecule has 2 aromatic heterocycles. The number of carbonyl (C=O) groups excluding carboxylic acids is 4. The number of nitrogens with one attached hydrogen (secondary N) is 3. The van der Waals surface area contributed by atoms with Crippen molar-refractivity contribution in [2.45, 2.75) is 63.6 Å². The molecular formula is C34H37BrN4O7. The zero-order valence-electron chi connectivity index (χ0n) is 25.5. The molecule has 4 bridgehead atoms. The van der Waals surface area contributed by atoms with Crippen molar-refractivity contribution in [2.24, 2.45) is 23.7 Å². The normalized spacial score (nSPS) is 23.7. The van der Waals surface area contributed by atoms with Crippen molar-refractivity contribution in [3.63, 3.8) is 0 Å². The van der Waals surface area contributed by atoms with Gasteiger partial charge in [-0.25, -0.2) is 4.79 Å². The summed E-state index contributed by atoms with van der Waals surface area (Å²) in [5, 5.41) is 9.24. The summed E-state index contributed by atoms with van der Waals surface area (Å²) in [5.41, 5.74) is -0.0560. The molecule has 0 radical (unpaired) electrons. The van der Waals surface area contributed by atoms with Gasteiger partial charge in [0.1, 0.15) is 23.9 Å². The van der Waals surface area contributed by atoms with E-state index in [1.807, 2.05) is 6.07 Å². The molecule has 11 nitrogen and oxygen atoms in total. The first-order valence-electron chi connectivity index (χ1n) is 15.7. The lowest BCUT2D eigenvalue weighted by molar-refractivity contribution is -0.134. The van der Waals surface area contributed by atoms with Gasteiger partial charge in [0.15, 0.2) is 5.76 Å². The highest BCUT2D eigenvalue weighted by atomic mass is 79.9. The number of ether oxygens (including phenoxy) is 1. The van der Waals surface area contributed by atoms with Crippen LogP contribution in [0.5, 0.6) is 0 Å². The topological polar surface area (TPSA) is 149 Å². The highest BCUT2D eigenvalue weighted by Gasteiger charge is 2.48. The van der Waals surface area contributed by atoms with Gasteiger partial charge in [-0.05, 0) is 98.9 Å². The van der Waals surface area contributed by atoms with Gasteiger partial charge in [0.2, 0.25) is 11.8 Å². The van der Waals surface area contributed by atoms with Crippen molar-refractivity contribution in [3.8, 4) is 0 Å². The van der Waals surface area contributed by atoms with E-state index in [1.165, 1.54) is 68.2 Å². The number of nitrogens with zero attached hydrogens (tertiary/aromatic N) is 1. The zero-order chi connectivity index (χ0) is 32.4. The van der Waals surface area contributed by atoms with Crippen molar-refractivity contribution in [1.29, 1.82) is 0 Å². The predicted octanol–water partition coefficient (Wildman–Crippen LogP) is 4.54. The van der Waals surface area contributed by atoms with E-state index < -0.39 is 29.4 Å². The number of esters is 1. The Hall–Kier alpha value is -4.19. The van der Waals surface area contributed by atoms with Gasteiger partial charge in [0, 0.05) is 28.2 Å². The summed E-state index contributed by atoms with van der Waals surface area (Å²) in [7, 11) is 1.26. The lowest BCUT2D eigenvalue weighted by Crippen LogP contribution is -2.56. The van der Waals surface area contributed by atoms with E-state index in [0.29, 0.717) is 22.8 Å². The molecule has 1 atom stereocenters. The highest BCUT2D eigenvalue weighted by molar-refractivity contribution is 9.10. The molecule has 46 heavy (non-hydrogen) atoms. The number of anilines is 1. The van der Waals surface area contributed by atoms with E-state index in [0.717, 1.165) is 16.3 Å². The third kappa shape index (κ3) is 6.96. The summed E-state index contributed by atoms with van der Waals surface area (Å²) in [4.78, 5) is 64.6. The summed E-state index contributed by atoms with van der Waals surface area (Å²) < 4.78 is 12.3. The minimum atomic E-state index is -1.08. The molecule has 3 amide bonds. The first-order chi connectivity index (χ1) is 22.2. The number of methoxy groups -OCH3 is 1. The molecule has 1 aromatic carbocycles. The summed E-state index contributed by atoms with van der Waals surface area (Å²) >= 11 is 3.44. The number of carbonyl (C=O) groups is 4. The zero-order valence-corrected chi connectivity index (χ0v) is 27.1. The Labute approximate surface area is 274 Å². The SMILES string of the molecule is COC(=O)/C=C/CC[C@H](NC(=O)c1cc2c(Br)cccc2o1)C(=O)Nc1cccn(CC(=O)NC2C3CC4CC(C3)CC2C4)c1=O. The number of halogens is 1. The van der Waals surface area contributed by atoms with Crippen LogP contribution in [0.1, 0.15) is 55.5 Å². The van der Waals surface area contributed by atoms with Gasteiger partial charge >= 0.3 is 5.97 Å². The Kier molecular flexibility index (Phi) is 9.44. The Morgan fingerprint density at radius 2 is 1.80 bits per heavy atom. The van der Waals surface area contributed by atoms with Crippen LogP contribution in [0.2, 0.25) is 0 Å². The van der Waals surface area contributed by atoms with Gasteiger partial charge in [-0.1, -0.05) is 28.1 Å². The maximum atomic E-state index is 13.5. The summed E-state index contributed by atoms with van der Waals surface area (Å²) in [6.45, 7) is -0.161. The number of allylic oxidation sites excluding steroid dienone is 1. The van der Waals surface area contributed by atoms with E-state index >= 15 is 0 Å². The number of amides is 3. The Morgan fingerprint density at radius 1 is 1.07 bits per heavy atom. The number of rotatable bonds is 11. The molecule has 12 heteroatoms. The number of pyridine rings is 1. The molecular weight excluding hydrogens is 656 g/mol. The van der Waals surface area contributed by atoms with Gasteiger partial charge < -0.3 is 29.7 Å². The Balaban J connectivity index is 1.13. The molecule has 0 unspecified atom stereocenters. The van der Waals surface area contributed by atoms with Crippen LogP contribution in [0.4, 0.5) is 5.69 Å². The average molecular weight is 694 g/mol. The molecule has 0 aliphatic heterocycles. The second-order valence-electron chi connectivity index (χ2n) is 12.7. The van der Waals surface area contributed by atoms with Crippen LogP contribution in [0.15, 0.2) is 68.4 Å². The molecule has 7 rings (SSSR count). The Morgan fingerprint density at radius 3 is 2.50 bits per heavy atom. The monoisotopic (exact) mass is 692 g/mol. The second-order valence-corrected chi connectivity index (χ2v) is 13.5. The maximum absolute atomic E-state index is 13.5. The molecule has 0 spiro atoms. The predicted molar refractivity (Wildman–Crippen MR) is 174 cm³/mol. The Bertz CT molecular complexity index is 1720. The van der Waals surface area contributed by atoms with E-state index in [2.05, 4.69) is 36.6 Å². The van der Waals surface area contributed by atoms with Crippen molar-refractivity contribution in [3.05, 3.63) is 75.3 Å². The van der Waals surface area contributed by atoms with E-state index in [1.54, 1.807) is 24.3 Å². The molecule has 4 fully saturated rings. The standard InChI is InChI=1S/C34H37BrN4O7/c1-45-30(41)10-3-2-7-25(36-33(43)28-17-23-24(35)6-4-9-27(23)46-28)32(42)37-26-8-5-11-39(34(26)44)18-29(40)38-31-21-13-19-12-20(15-21)16-22(31)14-19/h3-6,8-11,17,19-22,25,31H,2,7,12-16,18H2,1H3,(H,36,43)(H,37,42)(H,38,40)/b10-3+/t19?,20?,21?,22?,25-,31?/m0/s1. The molecule has 2 heterocycles. The van der Waals surface area contributed by atoms with Gasteiger partial charge in [-0.3, -0.25) is 19.2 Å². The van der Waals surface area contributed by atoms with Crippen LogP contribution < -0.4 is 21.5 Å². The fraction of sp³-hybridized carbons (Fsp3) is 0.441. The largest absolute Gasteiger partial charge is 0.466 e. The van der Waals surface area contributed by atoms with Gasteiger partial charge in [0.25, 0.3) is 11.5 Å². The van der Waals surface area contributed by atoms with Crippen LogP contribution in [0.25, 0.3) is 11.0 Å².